The van der Waals surface area contributed by atoms with Crippen LogP contribution in [0, 0.1) is 12.3 Å². The molecule has 1 unspecified atom stereocenters. The molecule has 1 rings (SSSR count). The Morgan fingerprint density at radius 3 is 3.08 bits per heavy atom. The van der Waals surface area contributed by atoms with Crippen molar-refractivity contribution in [1.82, 2.24) is 4.98 Å². The molecule has 0 aliphatic heterocycles. The van der Waals surface area contributed by atoms with Crippen molar-refractivity contribution >= 4 is 0 Å². The van der Waals surface area contributed by atoms with Gasteiger partial charge in [0.25, 0.3) is 0 Å². The summed E-state index contributed by atoms with van der Waals surface area (Å²) in [5.74, 6) is 2.51. The van der Waals surface area contributed by atoms with Gasteiger partial charge in [0.1, 0.15) is 0 Å². The highest BCUT2D eigenvalue weighted by molar-refractivity contribution is 5.09. The van der Waals surface area contributed by atoms with Crippen LogP contribution in [-0.2, 0) is 6.42 Å². The number of aliphatic hydroxyl groups is 1. The fourth-order valence-electron chi connectivity index (χ4n) is 1.14. The van der Waals surface area contributed by atoms with Crippen LogP contribution in [0.2, 0.25) is 0 Å². The fraction of sp³-hybridized carbons (Fsp3) is 0.364. The second-order valence-corrected chi connectivity index (χ2v) is 2.96. The number of aromatic nitrogens is 1. The van der Waals surface area contributed by atoms with Gasteiger partial charge in [-0.1, -0.05) is 6.07 Å². The van der Waals surface area contributed by atoms with Gasteiger partial charge in [-0.05, 0) is 24.5 Å². The van der Waals surface area contributed by atoms with Gasteiger partial charge in [-0.25, -0.2) is 0 Å². The lowest BCUT2D eigenvalue weighted by Crippen LogP contribution is -2.09. The van der Waals surface area contributed by atoms with Crippen molar-refractivity contribution < 1.29 is 5.11 Å². The summed E-state index contributed by atoms with van der Waals surface area (Å²) in [4.78, 5) is 3.97. The molecule has 0 aromatic carbocycles. The Hall–Kier alpha value is -1.33. The lowest BCUT2D eigenvalue weighted by atomic mass is 10.1. The van der Waals surface area contributed by atoms with E-state index in [1.54, 1.807) is 12.4 Å². The van der Waals surface area contributed by atoms with E-state index in [1.165, 1.54) is 0 Å². The van der Waals surface area contributed by atoms with Crippen LogP contribution in [-0.4, -0.2) is 16.2 Å². The predicted octanol–water partition coefficient (Wildman–Crippen LogP) is 1.40. The number of pyridine rings is 1. The van der Waals surface area contributed by atoms with E-state index >= 15 is 0 Å². The molecule has 68 valence electrons. The molecule has 0 fully saturated rings. The van der Waals surface area contributed by atoms with Crippen molar-refractivity contribution in [2.24, 2.45) is 0 Å². The van der Waals surface area contributed by atoms with Gasteiger partial charge >= 0.3 is 0 Å². The maximum absolute atomic E-state index is 9.51. The van der Waals surface area contributed by atoms with Crippen LogP contribution in [0.4, 0.5) is 0 Å². The summed E-state index contributed by atoms with van der Waals surface area (Å²) in [6.07, 6.45) is 10.2. The molecule has 1 aromatic heterocycles. The van der Waals surface area contributed by atoms with Crippen LogP contribution in [0.3, 0.4) is 0 Å². The molecule has 0 radical (unpaired) electrons. The molecule has 0 spiro atoms. The van der Waals surface area contributed by atoms with E-state index in [4.69, 9.17) is 6.42 Å². The third-order valence-electron chi connectivity index (χ3n) is 1.82. The number of aliphatic hydroxyl groups excluding tert-OH is 1. The standard InChI is InChI=1S/C11H13NO/c1-2-3-6-11(13)8-10-5-4-7-12-9-10/h1,4-5,7,9,11,13H,3,6,8H2. The summed E-state index contributed by atoms with van der Waals surface area (Å²) in [6, 6.07) is 3.81. The van der Waals surface area contributed by atoms with Crippen molar-refractivity contribution in [1.29, 1.82) is 0 Å². The zero-order valence-electron chi connectivity index (χ0n) is 7.48. The Bertz CT molecular complexity index is 276. The molecule has 0 saturated carbocycles. The third-order valence-corrected chi connectivity index (χ3v) is 1.82. The molecule has 0 bridgehead atoms. The molecule has 0 aliphatic carbocycles. The van der Waals surface area contributed by atoms with Gasteiger partial charge < -0.3 is 5.11 Å². The van der Waals surface area contributed by atoms with Crippen LogP contribution in [0.1, 0.15) is 18.4 Å². The van der Waals surface area contributed by atoms with E-state index in [0.717, 1.165) is 5.56 Å². The molecular weight excluding hydrogens is 162 g/mol. The molecule has 1 N–H and O–H groups in total. The van der Waals surface area contributed by atoms with Crippen LogP contribution in [0.5, 0.6) is 0 Å². The fourth-order valence-corrected chi connectivity index (χ4v) is 1.14. The SMILES string of the molecule is C#CCCC(O)Cc1cccnc1. The van der Waals surface area contributed by atoms with Gasteiger partial charge in [0.15, 0.2) is 0 Å². The second-order valence-electron chi connectivity index (χ2n) is 2.96. The molecule has 0 saturated heterocycles. The Labute approximate surface area is 78.6 Å². The molecule has 0 aliphatic rings. The van der Waals surface area contributed by atoms with Crippen LogP contribution >= 0.6 is 0 Å². The van der Waals surface area contributed by atoms with E-state index in [1.807, 2.05) is 12.1 Å². The summed E-state index contributed by atoms with van der Waals surface area (Å²) in [7, 11) is 0. The van der Waals surface area contributed by atoms with Crippen LogP contribution in [0.15, 0.2) is 24.5 Å². The quantitative estimate of drug-likeness (QED) is 0.702. The zero-order valence-corrected chi connectivity index (χ0v) is 7.48. The summed E-state index contributed by atoms with van der Waals surface area (Å²) in [6.45, 7) is 0. The summed E-state index contributed by atoms with van der Waals surface area (Å²) < 4.78 is 0. The highest BCUT2D eigenvalue weighted by Gasteiger charge is 2.03. The predicted molar refractivity (Wildman–Crippen MR) is 52.0 cm³/mol. The van der Waals surface area contributed by atoms with E-state index < -0.39 is 0 Å². The average Bonchev–Trinajstić information content (AvgIpc) is 2.16. The number of nitrogens with zero attached hydrogens (tertiary/aromatic N) is 1. The van der Waals surface area contributed by atoms with E-state index in [-0.39, 0.29) is 6.10 Å². The first kappa shape index (κ1) is 9.76. The van der Waals surface area contributed by atoms with Gasteiger partial charge in [-0.2, -0.15) is 0 Å². The molecule has 2 heteroatoms. The lowest BCUT2D eigenvalue weighted by molar-refractivity contribution is 0.166. The Kier molecular flexibility index (Phi) is 4.01. The van der Waals surface area contributed by atoms with Crippen LogP contribution < -0.4 is 0 Å². The number of hydrogen-bond acceptors (Lipinski definition) is 2. The molecule has 13 heavy (non-hydrogen) atoms. The minimum absolute atomic E-state index is 0.347. The Morgan fingerprint density at radius 1 is 1.62 bits per heavy atom. The Balaban J connectivity index is 2.37. The van der Waals surface area contributed by atoms with Crippen molar-refractivity contribution in [3.63, 3.8) is 0 Å². The van der Waals surface area contributed by atoms with E-state index in [0.29, 0.717) is 19.3 Å². The summed E-state index contributed by atoms with van der Waals surface area (Å²) in [5.41, 5.74) is 1.05. The van der Waals surface area contributed by atoms with Crippen molar-refractivity contribution in [2.45, 2.75) is 25.4 Å². The molecule has 1 aromatic rings. The Morgan fingerprint density at radius 2 is 2.46 bits per heavy atom. The van der Waals surface area contributed by atoms with Crippen molar-refractivity contribution in [3.8, 4) is 12.3 Å². The van der Waals surface area contributed by atoms with E-state index in [9.17, 15) is 5.11 Å². The minimum Gasteiger partial charge on any atom is -0.393 e. The van der Waals surface area contributed by atoms with Crippen LogP contribution in [0.25, 0.3) is 0 Å². The number of terminal acetylenes is 1. The maximum Gasteiger partial charge on any atom is 0.0590 e. The first-order chi connectivity index (χ1) is 6.33. The molecular formula is C11H13NO. The van der Waals surface area contributed by atoms with Gasteiger partial charge in [0, 0.05) is 18.8 Å². The molecule has 1 atom stereocenters. The van der Waals surface area contributed by atoms with Gasteiger partial charge in [0.05, 0.1) is 6.10 Å². The lowest BCUT2D eigenvalue weighted by Gasteiger charge is -2.07. The maximum atomic E-state index is 9.51. The van der Waals surface area contributed by atoms with Gasteiger partial charge in [-0.3, -0.25) is 4.98 Å². The topological polar surface area (TPSA) is 33.1 Å². The molecule has 0 amide bonds. The summed E-state index contributed by atoms with van der Waals surface area (Å²) >= 11 is 0. The first-order valence-electron chi connectivity index (χ1n) is 4.33. The van der Waals surface area contributed by atoms with Gasteiger partial charge in [-0.15, -0.1) is 12.3 Å². The van der Waals surface area contributed by atoms with Crippen molar-refractivity contribution in [2.75, 3.05) is 0 Å². The monoisotopic (exact) mass is 175 g/mol. The summed E-state index contributed by atoms with van der Waals surface area (Å²) in [5, 5.41) is 9.51. The smallest absolute Gasteiger partial charge is 0.0590 e. The molecule has 2 nitrogen and oxygen atoms in total. The first-order valence-corrected chi connectivity index (χ1v) is 4.33. The second kappa shape index (κ2) is 5.34. The number of rotatable bonds is 4. The third kappa shape index (κ3) is 3.73. The number of hydrogen-bond donors (Lipinski definition) is 1. The average molecular weight is 175 g/mol. The van der Waals surface area contributed by atoms with Gasteiger partial charge in [0.2, 0.25) is 0 Å². The normalized spacial score (nSPS) is 12.0. The zero-order chi connectivity index (χ0) is 9.52. The molecule has 1 heterocycles. The highest BCUT2D eigenvalue weighted by atomic mass is 16.3. The van der Waals surface area contributed by atoms with E-state index in [2.05, 4.69) is 10.9 Å². The highest BCUT2D eigenvalue weighted by Crippen LogP contribution is 2.05. The largest absolute Gasteiger partial charge is 0.393 e. The van der Waals surface area contributed by atoms with Crippen molar-refractivity contribution in [3.05, 3.63) is 30.1 Å². The minimum atomic E-state index is -0.347.